The van der Waals surface area contributed by atoms with Crippen molar-refractivity contribution in [3.8, 4) is 5.69 Å². The molecule has 6 nitrogen and oxygen atoms in total. The van der Waals surface area contributed by atoms with Crippen molar-refractivity contribution in [2.45, 2.75) is 12.6 Å². The lowest BCUT2D eigenvalue weighted by Gasteiger charge is -2.26. The molecule has 1 N–H and O–H groups in total. The molecule has 1 amide bonds. The van der Waals surface area contributed by atoms with E-state index in [0.29, 0.717) is 32.0 Å². The Morgan fingerprint density at radius 2 is 2.17 bits per heavy atom. The van der Waals surface area contributed by atoms with E-state index in [-0.39, 0.29) is 23.7 Å². The van der Waals surface area contributed by atoms with Crippen LogP contribution in [-0.2, 0) is 16.1 Å². The molecule has 2 saturated heterocycles. The SMILES string of the molecule is O=C1N[C@@H]2COC[C@H]1CN(Cc1cnn(-c3ccccc3F)c1)C2. The van der Waals surface area contributed by atoms with E-state index in [1.165, 1.54) is 6.07 Å². The van der Waals surface area contributed by atoms with Crippen molar-refractivity contribution >= 4 is 5.91 Å². The van der Waals surface area contributed by atoms with Crippen molar-refractivity contribution in [1.82, 2.24) is 20.0 Å². The zero-order chi connectivity index (χ0) is 16.5. The molecule has 1 aromatic carbocycles. The molecule has 2 atom stereocenters. The van der Waals surface area contributed by atoms with Crippen LogP contribution in [0, 0.1) is 11.7 Å². The van der Waals surface area contributed by atoms with Gasteiger partial charge in [0.05, 0.1) is 31.4 Å². The molecule has 0 saturated carbocycles. The van der Waals surface area contributed by atoms with Crippen LogP contribution in [0.15, 0.2) is 36.7 Å². The molecule has 2 fully saturated rings. The lowest BCUT2D eigenvalue weighted by atomic mass is 10.1. The highest BCUT2D eigenvalue weighted by molar-refractivity contribution is 5.79. The number of nitrogens with one attached hydrogen (secondary N) is 1. The summed E-state index contributed by atoms with van der Waals surface area (Å²) in [6.45, 7) is 3.09. The Morgan fingerprint density at radius 3 is 3.04 bits per heavy atom. The predicted molar refractivity (Wildman–Crippen MR) is 85.0 cm³/mol. The van der Waals surface area contributed by atoms with Crippen LogP contribution in [0.5, 0.6) is 0 Å². The number of amides is 1. The Labute approximate surface area is 139 Å². The smallest absolute Gasteiger partial charge is 0.227 e. The van der Waals surface area contributed by atoms with Crippen LogP contribution >= 0.6 is 0 Å². The molecular formula is C17H19FN4O2. The van der Waals surface area contributed by atoms with E-state index in [1.807, 2.05) is 6.20 Å². The van der Waals surface area contributed by atoms with Crippen molar-refractivity contribution in [1.29, 1.82) is 0 Å². The van der Waals surface area contributed by atoms with Gasteiger partial charge in [0.15, 0.2) is 0 Å². The fraction of sp³-hybridized carbons (Fsp3) is 0.412. The first-order valence-electron chi connectivity index (χ1n) is 8.08. The number of aromatic nitrogens is 2. The third kappa shape index (κ3) is 3.05. The molecule has 7 heteroatoms. The van der Waals surface area contributed by atoms with E-state index in [1.54, 1.807) is 29.1 Å². The standard InChI is InChI=1S/C17H19FN4O2/c18-15-3-1-2-4-16(15)22-7-12(5-19-22)6-21-8-13-10-24-11-14(9-21)20-17(13)23/h1-5,7,13-14H,6,8-11H2,(H,20,23)/t13-,14+/m1/s1. The summed E-state index contributed by atoms with van der Waals surface area (Å²) in [5.41, 5.74) is 1.42. The van der Waals surface area contributed by atoms with E-state index in [9.17, 15) is 9.18 Å². The summed E-state index contributed by atoms with van der Waals surface area (Å²) in [5.74, 6) is -0.371. The largest absolute Gasteiger partial charge is 0.378 e. The summed E-state index contributed by atoms with van der Waals surface area (Å²) in [7, 11) is 0. The van der Waals surface area contributed by atoms with Crippen molar-refractivity contribution in [3.63, 3.8) is 0 Å². The molecule has 126 valence electrons. The maximum absolute atomic E-state index is 13.9. The minimum absolute atomic E-state index is 0.0200. The average Bonchev–Trinajstić information content (AvgIpc) is 2.86. The Kier molecular flexibility index (Phi) is 4.03. The second-order valence-corrected chi connectivity index (χ2v) is 6.38. The molecule has 4 rings (SSSR count). The number of hydrogen-bond donors (Lipinski definition) is 1. The topological polar surface area (TPSA) is 59.4 Å². The fourth-order valence-corrected chi connectivity index (χ4v) is 3.32. The first kappa shape index (κ1) is 15.3. The van der Waals surface area contributed by atoms with Gasteiger partial charge in [0, 0.05) is 31.4 Å². The number of fused-ring (bicyclic) bond motifs is 3. The maximum atomic E-state index is 13.9. The van der Waals surface area contributed by atoms with E-state index >= 15 is 0 Å². The highest BCUT2D eigenvalue weighted by atomic mass is 19.1. The quantitative estimate of drug-likeness (QED) is 0.911. The highest BCUT2D eigenvalue weighted by Crippen LogP contribution is 2.17. The van der Waals surface area contributed by atoms with Gasteiger partial charge >= 0.3 is 0 Å². The number of ether oxygens (including phenoxy) is 1. The van der Waals surface area contributed by atoms with E-state index < -0.39 is 0 Å². The van der Waals surface area contributed by atoms with Gasteiger partial charge in [0.1, 0.15) is 11.5 Å². The third-order valence-electron chi connectivity index (χ3n) is 4.45. The van der Waals surface area contributed by atoms with Crippen molar-refractivity contribution in [2.75, 3.05) is 26.3 Å². The number of hydrogen-bond acceptors (Lipinski definition) is 4. The van der Waals surface area contributed by atoms with E-state index in [2.05, 4.69) is 15.3 Å². The second kappa shape index (κ2) is 6.33. The van der Waals surface area contributed by atoms with Gasteiger partial charge < -0.3 is 10.1 Å². The molecule has 2 bridgehead atoms. The zero-order valence-corrected chi connectivity index (χ0v) is 13.2. The van der Waals surface area contributed by atoms with Gasteiger partial charge in [0.25, 0.3) is 0 Å². The van der Waals surface area contributed by atoms with Crippen LogP contribution < -0.4 is 5.32 Å². The number of benzene rings is 1. The van der Waals surface area contributed by atoms with Crippen LogP contribution in [0.1, 0.15) is 5.56 Å². The Morgan fingerprint density at radius 1 is 1.29 bits per heavy atom. The van der Waals surface area contributed by atoms with E-state index in [4.69, 9.17) is 4.74 Å². The predicted octanol–water partition coefficient (Wildman–Crippen LogP) is 0.958. The van der Waals surface area contributed by atoms with Crippen LogP contribution in [0.4, 0.5) is 4.39 Å². The van der Waals surface area contributed by atoms with Crippen molar-refractivity contribution in [3.05, 3.63) is 48.0 Å². The molecule has 2 aliphatic heterocycles. The van der Waals surface area contributed by atoms with Gasteiger partial charge in [-0.15, -0.1) is 0 Å². The zero-order valence-electron chi connectivity index (χ0n) is 13.2. The normalized spacial score (nSPS) is 24.5. The third-order valence-corrected chi connectivity index (χ3v) is 4.45. The highest BCUT2D eigenvalue weighted by Gasteiger charge is 2.33. The molecule has 2 aliphatic rings. The molecule has 3 heterocycles. The van der Waals surface area contributed by atoms with Crippen LogP contribution in [-0.4, -0.2) is 52.9 Å². The van der Waals surface area contributed by atoms with Crippen LogP contribution in [0.2, 0.25) is 0 Å². The molecule has 0 aliphatic carbocycles. The van der Waals surface area contributed by atoms with Gasteiger partial charge in [-0.05, 0) is 12.1 Å². The summed E-state index contributed by atoms with van der Waals surface area (Å²) in [6, 6.07) is 6.58. The molecule has 1 aromatic heterocycles. The van der Waals surface area contributed by atoms with Gasteiger partial charge in [-0.2, -0.15) is 5.10 Å². The molecule has 24 heavy (non-hydrogen) atoms. The van der Waals surface area contributed by atoms with Gasteiger partial charge in [-0.3, -0.25) is 9.69 Å². The maximum Gasteiger partial charge on any atom is 0.227 e. The summed E-state index contributed by atoms with van der Waals surface area (Å²) >= 11 is 0. The first-order valence-corrected chi connectivity index (χ1v) is 8.08. The number of para-hydroxylation sites is 1. The number of carbonyl (C=O) groups is 1. The second-order valence-electron chi connectivity index (χ2n) is 6.38. The summed E-state index contributed by atoms with van der Waals surface area (Å²) < 4.78 is 21.0. The fourth-order valence-electron chi connectivity index (χ4n) is 3.32. The number of halogens is 1. The monoisotopic (exact) mass is 330 g/mol. The summed E-state index contributed by atoms with van der Waals surface area (Å²) in [5, 5.41) is 7.29. The minimum atomic E-state index is -0.302. The van der Waals surface area contributed by atoms with Crippen LogP contribution in [0.25, 0.3) is 5.69 Å². The van der Waals surface area contributed by atoms with Crippen molar-refractivity contribution in [2.24, 2.45) is 5.92 Å². The van der Waals surface area contributed by atoms with Crippen molar-refractivity contribution < 1.29 is 13.9 Å². The number of nitrogens with zero attached hydrogens (tertiary/aromatic N) is 3. The van der Waals surface area contributed by atoms with Gasteiger partial charge in [-0.25, -0.2) is 9.07 Å². The Bertz CT molecular complexity index is 748. The molecule has 0 spiro atoms. The molecule has 0 radical (unpaired) electrons. The van der Waals surface area contributed by atoms with E-state index in [0.717, 1.165) is 12.1 Å². The minimum Gasteiger partial charge on any atom is -0.378 e. The van der Waals surface area contributed by atoms with Gasteiger partial charge in [-0.1, -0.05) is 12.1 Å². The Balaban J connectivity index is 1.50. The molecule has 2 aromatic rings. The van der Waals surface area contributed by atoms with Crippen LogP contribution in [0.3, 0.4) is 0 Å². The summed E-state index contributed by atoms with van der Waals surface area (Å²) in [6.07, 6.45) is 3.59. The lowest BCUT2D eigenvalue weighted by molar-refractivity contribution is -0.125. The number of rotatable bonds is 3. The van der Waals surface area contributed by atoms with Gasteiger partial charge in [0.2, 0.25) is 5.91 Å². The lowest BCUT2D eigenvalue weighted by Crippen LogP contribution is -2.41. The number of carbonyl (C=O) groups excluding carboxylic acids is 1. The Hall–Kier alpha value is -2.25. The first-order chi connectivity index (χ1) is 11.7. The average molecular weight is 330 g/mol. The molecular weight excluding hydrogens is 311 g/mol. The summed E-state index contributed by atoms with van der Waals surface area (Å²) in [4.78, 5) is 14.3. The molecule has 0 unspecified atom stereocenters.